The zero-order valence-corrected chi connectivity index (χ0v) is 8.83. The van der Waals surface area contributed by atoms with E-state index in [0.717, 1.165) is 23.7 Å². The Balaban J connectivity index is 3.35. The minimum atomic E-state index is -3.43. The van der Waals surface area contributed by atoms with Crippen LogP contribution in [-0.4, -0.2) is 25.7 Å². The van der Waals surface area contributed by atoms with Crippen LogP contribution in [0.2, 0.25) is 4.34 Å². The molecule has 4 nitrogen and oxygen atoms in total. The maximum Gasteiger partial charge on any atom is 0.345 e. The summed E-state index contributed by atoms with van der Waals surface area (Å²) >= 11 is 6.29. The summed E-state index contributed by atoms with van der Waals surface area (Å²) < 4.78 is 22.0. The van der Waals surface area contributed by atoms with Crippen molar-refractivity contribution in [2.75, 3.05) is 6.26 Å². The van der Waals surface area contributed by atoms with Crippen molar-refractivity contribution in [3.05, 3.63) is 15.3 Å². The lowest BCUT2D eigenvalue weighted by Gasteiger charge is -1.90. The highest BCUT2D eigenvalue weighted by Crippen LogP contribution is 2.30. The quantitative estimate of drug-likeness (QED) is 0.851. The van der Waals surface area contributed by atoms with Gasteiger partial charge in [-0.15, -0.1) is 11.3 Å². The monoisotopic (exact) mass is 240 g/mol. The predicted molar refractivity (Wildman–Crippen MR) is 49.4 cm³/mol. The fourth-order valence-corrected chi connectivity index (χ4v) is 3.33. The van der Waals surface area contributed by atoms with E-state index in [1.165, 1.54) is 0 Å². The van der Waals surface area contributed by atoms with Crippen LogP contribution in [-0.2, 0) is 9.84 Å². The second-order valence-corrected chi connectivity index (χ2v) is 5.96. The molecule has 1 N–H and O–H groups in total. The number of carbonyl (C=O) groups is 1. The first-order valence-corrected chi connectivity index (χ1v) is 6.13. The number of sulfone groups is 1. The van der Waals surface area contributed by atoms with Gasteiger partial charge in [-0.25, -0.2) is 13.2 Å². The molecule has 0 amide bonds. The molecule has 0 aromatic carbocycles. The largest absolute Gasteiger partial charge is 0.477 e. The minimum Gasteiger partial charge on any atom is -0.477 e. The first kappa shape index (κ1) is 10.5. The van der Waals surface area contributed by atoms with Crippen LogP contribution in [0.5, 0.6) is 0 Å². The highest BCUT2D eigenvalue weighted by molar-refractivity contribution is 7.91. The molecule has 1 aromatic heterocycles. The first-order valence-electron chi connectivity index (χ1n) is 3.05. The molecule has 0 radical (unpaired) electrons. The van der Waals surface area contributed by atoms with E-state index < -0.39 is 15.8 Å². The van der Waals surface area contributed by atoms with Gasteiger partial charge >= 0.3 is 5.97 Å². The van der Waals surface area contributed by atoms with Crippen LogP contribution in [0.3, 0.4) is 0 Å². The van der Waals surface area contributed by atoms with Crippen LogP contribution in [0.4, 0.5) is 0 Å². The molecule has 13 heavy (non-hydrogen) atoms. The van der Waals surface area contributed by atoms with E-state index in [-0.39, 0.29) is 14.1 Å². The number of thiophene rings is 1. The molecule has 1 heterocycles. The van der Waals surface area contributed by atoms with Crippen molar-refractivity contribution in [2.45, 2.75) is 4.90 Å². The summed E-state index contributed by atoms with van der Waals surface area (Å²) in [5, 5.41) is 8.55. The third kappa shape index (κ3) is 2.20. The van der Waals surface area contributed by atoms with Gasteiger partial charge in [-0.1, -0.05) is 11.6 Å². The van der Waals surface area contributed by atoms with Crippen LogP contribution in [0.1, 0.15) is 9.67 Å². The summed E-state index contributed by atoms with van der Waals surface area (Å²) in [4.78, 5) is 10.2. The molecule has 0 spiro atoms. The molecule has 0 aliphatic heterocycles. The van der Waals surface area contributed by atoms with Gasteiger partial charge in [0.05, 0.1) is 4.90 Å². The predicted octanol–water partition coefficient (Wildman–Crippen LogP) is 1.50. The standard InChI is InChI=1S/C6H5ClO4S2/c1-13(10,11)4-2-3(6(8)9)12-5(4)7/h2H,1H3,(H,8,9). The highest BCUT2D eigenvalue weighted by atomic mass is 35.5. The zero-order chi connectivity index (χ0) is 10.2. The van der Waals surface area contributed by atoms with Gasteiger partial charge in [0.15, 0.2) is 9.84 Å². The van der Waals surface area contributed by atoms with E-state index in [9.17, 15) is 13.2 Å². The maximum atomic E-state index is 11.0. The molecule has 7 heteroatoms. The highest BCUT2D eigenvalue weighted by Gasteiger charge is 2.19. The van der Waals surface area contributed by atoms with Crippen LogP contribution >= 0.6 is 22.9 Å². The number of carboxylic acids is 1. The van der Waals surface area contributed by atoms with E-state index in [1.54, 1.807) is 0 Å². The Kier molecular flexibility index (Phi) is 2.65. The lowest BCUT2D eigenvalue weighted by Crippen LogP contribution is -1.96. The van der Waals surface area contributed by atoms with Crippen molar-refractivity contribution in [3.8, 4) is 0 Å². The van der Waals surface area contributed by atoms with Crippen molar-refractivity contribution in [3.63, 3.8) is 0 Å². The van der Waals surface area contributed by atoms with Crippen LogP contribution in [0, 0.1) is 0 Å². The molecule has 0 atom stereocenters. The Hall–Kier alpha value is -0.590. The summed E-state index contributed by atoms with van der Waals surface area (Å²) in [6, 6.07) is 1.06. The van der Waals surface area contributed by atoms with E-state index in [0.29, 0.717) is 0 Å². The Morgan fingerprint density at radius 1 is 1.62 bits per heavy atom. The van der Waals surface area contributed by atoms with E-state index in [1.807, 2.05) is 0 Å². The third-order valence-electron chi connectivity index (χ3n) is 1.27. The van der Waals surface area contributed by atoms with Gasteiger partial charge in [0.1, 0.15) is 9.21 Å². The number of aromatic carboxylic acids is 1. The molecule has 0 aliphatic carbocycles. The molecule has 0 saturated heterocycles. The third-order valence-corrected chi connectivity index (χ3v) is 3.97. The minimum absolute atomic E-state index is 0.0140. The fraction of sp³-hybridized carbons (Fsp3) is 0.167. The Morgan fingerprint density at radius 3 is 2.38 bits per heavy atom. The summed E-state index contributed by atoms with van der Waals surface area (Å²) in [6.07, 6.45) is 0.979. The van der Waals surface area contributed by atoms with Crippen molar-refractivity contribution < 1.29 is 18.3 Å². The number of halogens is 1. The number of carboxylic acid groups (broad SMARTS) is 1. The van der Waals surface area contributed by atoms with E-state index in [2.05, 4.69) is 0 Å². The SMILES string of the molecule is CS(=O)(=O)c1cc(C(=O)O)sc1Cl. The fourth-order valence-electron chi connectivity index (χ4n) is 0.710. The molecular formula is C6H5ClO4S2. The molecule has 72 valence electrons. The van der Waals surface area contributed by atoms with Gasteiger partial charge < -0.3 is 5.11 Å². The van der Waals surface area contributed by atoms with E-state index in [4.69, 9.17) is 16.7 Å². The number of rotatable bonds is 2. The molecule has 1 rings (SSSR count). The summed E-state index contributed by atoms with van der Waals surface area (Å²) in [5.41, 5.74) is 0. The van der Waals surface area contributed by atoms with Gasteiger partial charge in [0.25, 0.3) is 0 Å². The Labute approximate surface area is 83.7 Å². The molecule has 1 aromatic rings. The Bertz CT molecular complexity index is 445. The second-order valence-electron chi connectivity index (χ2n) is 2.33. The molecule has 0 unspecified atom stereocenters. The molecule has 0 aliphatic rings. The van der Waals surface area contributed by atoms with Gasteiger partial charge in [-0.2, -0.15) is 0 Å². The number of hydrogen-bond donors (Lipinski definition) is 1. The van der Waals surface area contributed by atoms with Crippen molar-refractivity contribution in [1.29, 1.82) is 0 Å². The summed E-state index contributed by atoms with van der Waals surface area (Å²) in [7, 11) is -3.43. The van der Waals surface area contributed by atoms with Gasteiger partial charge in [0.2, 0.25) is 0 Å². The van der Waals surface area contributed by atoms with Crippen molar-refractivity contribution in [2.24, 2.45) is 0 Å². The number of hydrogen-bond acceptors (Lipinski definition) is 4. The van der Waals surface area contributed by atoms with Gasteiger partial charge in [-0.3, -0.25) is 0 Å². The van der Waals surface area contributed by atoms with Crippen molar-refractivity contribution >= 4 is 38.7 Å². The summed E-state index contributed by atoms with van der Waals surface area (Å²) in [6.45, 7) is 0. The van der Waals surface area contributed by atoms with E-state index >= 15 is 0 Å². The zero-order valence-electron chi connectivity index (χ0n) is 6.44. The maximum absolute atomic E-state index is 11.0. The van der Waals surface area contributed by atoms with Gasteiger partial charge in [-0.05, 0) is 6.07 Å². The molecular weight excluding hydrogens is 236 g/mol. The topological polar surface area (TPSA) is 71.4 Å². The second kappa shape index (κ2) is 3.28. The van der Waals surface area contributed by atoms with Crippen molar-refractivity contribution in [1.82, 2.24) is 0 Å². The average Bonchev–Trinajstić information content (AvgIpc) is 2.29. The lowest BCUT2D eigenvalue weighted by molar-refractivity contribution is 0.0702. The lowest BCUT2D eigenvalue weighted by atomic mass is 10.5. The summed E-state index contributed by atoms with van der Waals surface area (Å²) in [5.74, 6) is -1.18. The first-order chi connectivity index (χ1) is 5.82. The van der Waals surface area contributed by atoms with Gasteiger partial charge in [0, 0.05) is 6.26 Å². The molecule has 0 bridgehead atoms. The average molecular weight is 241 g/mol. The van der Waals surface area contributed by atoms with Crippen LogP contribution in [0.25, 0.3) is 0 Å². The Morgan fingerprint density at radius 2 is 2.15 bits per heavy atom. The van der Waals surface area contributed by atoms with Crippen LogP contribution < -0.4 is 0 Å². The normalized spacial score (nSPS) is 11.5. The molecule has 0 saturated carbocycles. The van der Waals surface area contributed by atoms with Crippen LogP contribution in [0.15, 0.2) is 11.0 Å². The smallest absolute Gasteiger partial charge is 0.345 e. The molecule has 0 fully saturated rings.